The molecule has 0 fully saturated rings. The summed E-state index contributed by atoms with van der Waals surface area (Å²) in [5.41, 5.74) is 1.69. The number of hydrogen-bond donors (Lipinski definition) is 0. The second-order valence-corrected chi connectivity index (χ2v) is 5.93. The van der Waals surface area contributed by atoms with E-state index in [4.69, 9.17) is 9.47 Å². The molecule has 0 aromatic heterocycles. The normalized spacial score (nSPS) is 12.8. The number of methoxy groups -OCH3 is 2. The Hall–Kier alpha value is -3.21. The first-order valence-corrected chi connectivity index (χ1v) is 8.11. The van der Waals surface area contributed by atoms with Gasteiger partial charge in [-0.25, -0.2) is 0 Å². The molecule has 132 valence electrons. The van der Waals surface area contributed by atoms with E-state index in [9.17, 15) is 14.4 Å². The van der Waals surface area contributed by atoms with E-state index in [1.165, 1.54) is 20.3 Å². The minimum atomic E-state index is -0.390. The van der Waals surface area contributed by atoms with Gasteiger partial charge in [-0.05, 0) is 37.6 Å². The lowest BCUT2D eigenvalue weighted by atomic mass is 9.80. The highest BCUT2D eigenvalue weighted by atomic mass is 16.5. The van der Waals surface area contributed by atoms with Gasteiger partial charge in [0.15, 0.2) is 11.6 Å². The van der Waals surface area contributed by atoms with Crippen molar-refractivity contribution in [2.75, 3.05) is 14.2 Å². The highest BCUT2D eigenvalue weighted by Crippen LogP contribution is 2.40. The van der Waals surface area contributed by atoms with Gasteiger partial charge in [-0.3, -0.25) is 14.4 Å². The number of carbonyl (C=O) groups is 3. The van der Waals surface area contributed by atoms with E-state index in [0.717, 1.165) is 0 Å². The van der Waals surface area contributed by atoms with Gasteiger partial charge in [-0.2, -0.15) is 0 Å². The van der Waals surface area contributed by atoms with Gasteiger partial charge in [-0.1, -0.05) is 18.2 Å². The summed E-state index contributed by atoms with van der Waals surface area (Å²) in [5, 5.41) is 0. The SMILES string of the molecule is C/C=C/C(=O)c1c(C)cc2c(c1OC)C(=O)c1c(OC)cccc1C2=O. The summed E-state index contributed by atoms with van der Waals surface area (Å²) < 4.78 is 10.7. The minimum absolute atomic E-state index is 0.105. The van der Waals surface area contributed by atoms with E-state index in [-0.39, 0.29) is 45.1 Å². The van der Waals surface area contributed by atoms with Crippen molar-refractivity contribution in [1.29, 1.82) is 0 Å². The highest BCUT2D eigenvalue weighted by Gasteiger charge is 2.37. The van der Waals surface area contributed by atoms with Gasteiger partial charge < -0.3 is 9.47 Å². The summed E-state index contributed by atoms with van der Waals surface area (Å²) >= 11 is 0. The monoisotopic (exact) mass is 350 g/mol. The van der Waals surface area contributed by atoms with Crippen LogP contribution >= 0.6 is 0 Å². The summed E-state index contributed by atoms with van der Waals surface area (Å²) in [5.74, 6) is -0.525. The van der Waals surface area contributed by atoms with Crippen LogP contribution in [0.25, 0.3) is 0 Å². The Bertz CT molecular complexity index is 982. The summed E-state index contributed by atoms with van der Waals surface area (Å²) in [6, 6.07) is 6.47. The number of allylic oxidation sites excluding steroid dienone is 2. The average molecular weight is 350 g/mol. The van der Waals surface area contributed by atoms with Crippen LogP contribution in [-0.2, 0) is 0 Å². The number of hydrogen-bond acceptors (Lipinski definition) is 5. The molecule has 0 spiro atoms. The summed E-state index contributed by atoms with van der Waals surface area (Å²) in [6.45, 7) is 3.45. The Morgan fingerprint density at radius 3 is 2.35 bits per heavy atom. The van der Waals surface area contributed by atoms with Crippen LogP contribution in [-0.4, -0.2) is 31.6 Å². The van der Waals surface area contributed by atoms with Crippen molar-refractivity contribution in [1.82, 2.24) is 0 Å². The fourth-order valence-electron chi connectivity index (χ4n) is 3.33. The van der Waals surface area contributed by atoms with E-state index in [1.54, 1.807) is 44.2 Å². The number of carbonyl (C=O) groups excluding carboxylic acids is 3. The lowest BCUT2D eigenvalue weighted by molar-refractivity contribution is 0.0972. The third-order valence-corrected chi connectivity index (χ3v) is 4.44. The minimum Gasteiger partial charge on any atom is -0.496 e. The molecule has 2 aromatic rings. The maximum absolute atomic E-state index is 13.2. The zero-order valence-corrected chi connectivity index (χ0v) is 15.0. The summed E-state index contributed by atoms with van der Waals surface area (Å²) in [4.78, 5) is 38.7. The molecule has 3 rings (SSSR count). The maximum atomic E-state index is 13.2. The molecule has 0 bridgehead atoms. The third kappa shape index (κ3) is 2.44. The van der Waals surface area contributed by atoms with Crippen molar-refractivity contribution in [2.45, 2.75) is 13.8 Å². The Labute approximate surface area is 151 Å². The van der Waals surface area contributed by atoms with Gasteiger partial charge in [0, 0.05) is 11.1 Å². The van der Waals surface area contributed by atoms with E-state index >= 15 is 0 Å². The molecule has 0 saturated heterocycles. The molecule has 1 aliphatic carbocycles. The number of ketones is 3. The Morgan fingerprint density at radius 2 is 1.73 bits per heavy atom. The summed E-state index contributed by atoms with van der Waals surface area (Å²) in [6.07, 6.45) is 3.02. The molecule has 0 unspecified atom stereocenters. The lowest BCUT2D eigenvalue weighted by Gasteiger charge is -2.23. The summed E-state index contributed by atoms with van der Waals surface area (Å²) in [7, 11) is 2.83. The van der Waals surface area contributed by atoms with E-state index in [0.29, 0.717) is 11.3 Å². The lowest BCUT2D eigenvalue weighted by Crippen LogP contribution is -2.24. The fraction of sp³-hybridized carbons (Fsp3) is 0.190. The van der Waals surface area contributed by atoms with Crippen molar-refractivity contribution in [2.24, 2.45) is 0 Å². The largest absolute Gasteiger partial charge is 0.496 e. The standard InChI is InChI=1S/C21H18O5/c1-5-7-14(22)16-11(2)10-13-18(21(16)26-4)20(24)17-12(19(13)23)8-6-9-15(17)25-3/h5-10H,1-4H3/b7-5+. The van der Waals surface area contributed by atoms with Crippen LogP contribution in [0.4, 0.5) is 0 Å². The second-order valence-electron chi connectivity index (χ2n) is 5.93. The van der Waals surface area contributed by atoms with E-state index in [1.807, 2.05) is 0 Å². The van der Waals surface area contributed by atoms with Gasteiger partial charge >= 0.3 is 0 Å². The first-order chi connectivity index (χ1) is 12.5. The topological polar surface area (TPSA) is 69.7 Å². The third-order valence-electron chi connectivity index (χ3n) is 4.44. The van der Waals surface area contributed by atoms with E-state index in [2.05, 4.69) is 0 Å². The van der Waals surface area contributed by atoms with Crippen LogP contribution < -0.4 is 9.47 Å². The number of aryl methyl sites for hydroxylation is 1. The van der Waals surface area contributed by atoms with Crippen molar-refractivity contribution >= 4 is 17.3 Å². The van der Waals surface area contributed by atoms with Crippen molar-refractivity contribution in [3.05, 3.63) is 69.8 Å². The Balaban J connectivity index is 2.38. The second kappa shape index (κ2) is 6.59. The Kier molecular flexibility index (Phi) is 4.47. The molecule has 1 aliphatic rings. The zero-order chi connectivity index (χ0) is 19.0. The van der Waals surface area contributed by atoms with Crippen LogP contribution in [0.2, 0.25) is 0 Å². The van der Waals surface area contributed by atoms with Gasteiger partial charge in [0.25, 0.3) is 0 Å². The zero-order valence-electron chi connectivity index (χ0n) is 15.0. The average Bonchev–Trinajstić information content (AvgIpc) is 2.64. The molecule has 2 aromatic carbocycles. The molecule has 0 N–H and O–H groups in total. The molecule has 0 amide bonds. The molecular formula is C21H18O5. The molecular weight excluding hydrogens is 332 g/mol. The first kappa shape index (κ1) is 17.6. The maximum Gasteiger partial charge on any atom is 0.202 e. The molecule has 5 heteroatoms. The van der Waals surface area contributed by atoms with Gasteiger partial charge in [-0.15, -0.1) is 0 Å². The highest BCUT2D eigenvalue weighted by molar-refractivity contribution is 6.31. The van der Waals surface area contributed by atoms with Crippen LogP contribution in [0.5, 0.6) is 11.5 Å². The quantitative estimate of drug-likeness (QED) is 0.532. The van der Waals surface area contributed by atoms with Crippen LogP contribution in [0.1, 0.15) is 54.7 Å². The molecule has 0 atom stereocenters. The van der Waals surface area contributed by atoms with Crippen LogP contribution in [0.3, 0.4) is 0 Å². The molecule has 0 radical (unpaired) electrons. The molecule has 0 heterocycles. The predicted octanol–water partition coefficient (Wildman–Crippen LogP) is 3.55. The number of ether oxygens (including phenoxy) is 2. The fourth-order valence-corrected chi connectivity index (χ4v) is 3.33. The Morgan fingerprint density at radius 1 is 1.00 bits per heavy atom. The van der Waals surface area contributed by atoms with E-state index < -0.39 is 5.78 Å². The number of benzene rings is 2. The van der Waals surface area contributed by atoms with Gasteiger partial charge in [0.2, 0.25) is 5.78 Å². The van der Waals surface area contributed by atoms with Crippen LogP contribution in [0, 0.1) is 6.92 Å². The van der Waals surface area contributed by atoms with Crippen molar-refractivity contribution in [3.8, 4) is 11.5 Å². The van der Waals surface area contributed by atoms with Gasteiger partial charge in [0.1, 0.15) is 11.5 Å². The van der Waals surface area contributed by atoms with Crippen molar-refractivity contribution < 1.29 is 23.9 Å². The smallest absolute Gasteiger partial charge is 0.202 e. The first-order valence-electron chi connectivity index (χ1n) is 8.11. The molecule has 0 aliphatic heterocycles. The predicted molar refractivity (Wildman–Crippen MR) is 96.7 cm³/mol. The molecule has 0 saturated carbocycles. The van der Waals surface area contributed by atoms with Crippen LogP contribution in [0.15, 0.2) is 36.4 Å². The van der Waals surface area contributed by atoms with Crippen molar-refractivity contribution in [3.63, 3.8) is 0 Å². The number of rotatable bonds is 4. The van der Waals surface area contributed by atoms with Gasteiger partial charge in [0.05, 0.1) is 30.9 Å². The number of fused-ring (bicyclic) bond motifs is 2. The molecule has 5 nitrogen and oxygen atoms in total. The molecule has 26 heavy (non-hydrogen) atoms.